The smallest absolute Gasteiger partial charge is 0.313 e. The molecule has 2 rings (SSSR count). The molecule has 1 heterocycles. The molecule has 0 unspecified atom stereocenters. The first kappa shape index (κ1) is 8.48. The number of alkyl halides is 2. The minimum Gasteiger partial charge on any atom is -0.313 e. The third-order valence-corrected chi connectivity index (χ3v) is 2.27. The van der Waals surface area contributed by atoms with Gasteiger partial charge in [-0.15, -0.1) is 0 Å². The van der Waals surface area contributed by atoms with Gasteiger partial charge in [0.15, 0.2) is 0 Å². The van der Waals surface area contributed by atoms with E-state index in [4.69, 9.17) is 0 Å². The van der Waals surface area contributed by atoms with E-state index in [0.29, 0.717) is 18.7 Å². The molecule has 1 fully saturated rings. The molecule has 1 radical (unpaired) electrons. The summed E-state index contributed by atoms with van der Waals surface area (Å²) in [7, 11) is 0. The summed E-state index contributed by atoms with van der Waals surface area (Å²) in [5.41, 5.74) is 0.584. The molecule has 0 amide bonds. The Balaban J connectivity index is 2.27. The highest BCUT2D eigenvalue weighted by Gasteiger charge is 2.41. The van der Waals surface area contributed by atoms with Crippen molar-refractivity contribution in [3.05, 3.63) is 30.3 Å². The zero-order valence-electron chi connectivity index (χ0n) is 7.13. The maximum atomic E-state index is 13.2. The van der Waals surface area contributed by atoms with Gasteiger partial charge >= 0.3 is 6.05 Å². The number of hydrogen-bond acceptors (Lipinski definition) is 1. The van der Waals surface area contributed by atoms with Crippen LogP contribution in [0.2, 0.25) is 0 Å². The first-order valence-corrected chi connectivity index (χ1v) is 4.32. The van der Waals surface area contributed by atoms with Gasteiger partial charge in [-0.05, 0) is 24.6 Å². The van der Waals surface area contributed by atoms with Gasteiger partial charge in [-0.2, -0.15) is 8.78 Å². The second-order valence-electron chi connectivity index (χ2n) is 3.18. The maximum absolute atomic E-state index is 13.2. The zero-order chi connectivity index (χ0) is 9.31. The Morgan fingerprint density at radius 1 is 1.31 bits per heavy atom. The summed E-state index contributed by atoms with van der Waals surface area (Å²) in [6.45, 7) is 0.441. The Labute approximate surface area is 76.0 Å². The van der Waals surface area contributed by atoms with Crippen LogP contribution in [0, 0.1) is 6.07 Å². The Bertz CT molecular complexity index is 284. The lowest BCUT2D eigenvalue weighted by Crippen LogP contribution is -2.35. The summed E-state index contributed by atoms with van der Waals surface area (Å²) in [6, 6.07) is 6.79. The van der Waals surface area contributed by atoms with E-state index in [-0.39, 0.29) is 6.42 Å². The van der Waals surface area contributed by atoms with Gasteiger partial charge in [0, 0.05) is 18.7 Å². The van der Waals surface area contributed by atoms with Crippen LogP contribution in [-0.2, 0) is 0 Å². The Morgan fingerprint density at radius 2 is 2.00 bits per heavy atom. The summed E-state index contributed by atoms with van der Waals surface area (Å²) in [5, 5.41) is 0. The molecular formula is C10H10F2N. The van der Waals surface area contributed by atoms with Crippen molar-refractivity contribution in [3.63, 3.8) is 0 Å². The standard InChI is InChI=1S/C10H10F2N/c11-10(12)7-4-8-13(10)9-5-2-1-3-6-9/h2-3,5-6H,4,7-8H2. The monoisotopic (exact) mass is 182 g/mol. The molecule has 1 saturated heterocycles. The third kappa shape index (κ3) is 1.50. The number of nitrogens with zero attached hydrogens (tertiary/aromatic N) is 1. The number of hydrogen-bond donors (Lipinski definition) is 0. The number of halogens is 2. The first-order chi connectivity index (χ1) is 6.20. The van der Waals surface area contributed by atoms with Crippen molar-refractivity contribution in [2.45, 2.75) is 18.9 Å². The largest absolute Gasteiger partial charge is 0.325 e. The third-order valence-electron chi connectivity index (χ3n) is 2.27. The SMILES string of the molecule is FC1(F)CCCN1c1cc[c]cc1. The van der Waals surface area contributed by atoms with Crippen LogP contribution < -0.4 is 4.90 Å². The lowest BCUT2D eigenvalue weighted by Gasteiger charge is -2.25. The van der Waals surface area contributed by atoms with Crippen molar-refractivity contribution in [3.8, 4) is 0 Å². The number of anilines is 1. The van der Waals surface area contributed by atoms with Gasteiger partial charge in [-0.3, -0.25) is 0 Å². The van der Waals surface area contributed by atoms with Crippen LogP contribution in [0.4, 0.5) is 14.5 Å². The van der Waals surface area contributed by atoms with Gasteiger partial charge in [0.2, 0.25) is 0 Å². The van der Waals surface area contributed by atoms with E-state index in [1.54, 1.807) is 24.3 Å². The Morgan fingerprint density at radius 3 is 2.54 bits per heavy atom. The maximum Gasteiger partial charge on any atom is 0.325 e. The first-order valence-electron chi connectivity index (χ1n) is 4.32. The van der Waals surface area contributed by atoms with Gasteiger partial charge in [0.25, 0.3) is 0 Å². The fourth-order valence-corrected chi connectivity index (χ4v) is 1.62. The van der Waals surface area contributed by atoms with Crippen LogP contribution in [0.25, 0.3) is 0 Å². The number of rotatable bonds is 1. The second kappa shape index (κ2) is 2.98. The average molecular weight is 182 g/mol. The molecule has 0 aromatic heterocycles. The van der Waals surface area contributed by atoms with Crippen molar-refractivity contribution >= 4 is 5.69 Å². The van der Waals surface area contributed by atoms with Crippen molar-refractivity contribution in [2.75, 3.05) is 11.4 Å². The van der Waals surface area contributed by atoms with Crippen LogP contribution in [0.3, 0.4) is 0 Å². The van der Waals surface area contributed by atoms with Crippen molar-refractivity contribution in [1.82, 2.24) is 0 Å². The quantitative estimate of drug-likeness (QED) is 0.603. The van der Waals surface area contributed by atoms with E-state index in [1.165, 1.54) is 0 Å². The van der Waals surface area contributed by atoms with E-state index in [9.17, 15) is 8.78 Å². The van der Waals surface area contributed by atoms with Crippen molar-refractivity contribution in [1.29, 1.82) is 0 Å². The predicted molar refractivity (Wildman–Crippen MR) is 46.8 cm³/mol. The highest BCUT2D eigenvalue weighted by Crippen LogP contribution is 2.35. The molecule has 3 heteroatoms. The minimum atomic E-state index is -2.67. The molecule has 69 valence electrons. The van der Waals surface area contributed by atoms with Gasteiger partial charge in [0.1, 0.15) is 0 Å². The molecule has 0 aliphatic carbocycles. The number of benzene rings is 1. The van der Waals surface area contributed by atoms with Gasteiger partial charge in [-0.25, -0.2) is 0 Å². The van der Waals surface area contributed by atoms with E-state index < -0.39 is 6.05 Å². The normalized spacial score (nSPS) is 20.6. The molecule has 0 N–H and O–H groups in total. The molecule has 13 heavy (non-hydrogen) atoms. The van der Waals surface area contributed by atoms with Crippen molar-refractivity contribution in [2.24, 2.45) is 0 Å². The van der Waals surface area contributed by atoms with Crippen LogP contribution >= 0.6 is 0 Å². The van der Waals surface area contributed by atoms with Crippen LogP contribution in [-0.4, -0.2) is 12.6 Å². The highest BCUT2D eigenvalue weighted by atomic mass is 19.3. The van der Waals surface area contributed by atoms with E-state index in [0.717, 1.165) is 4.90 Å². The topological polar surface area (TPSA) is 3.24 Å². The Hall–Kier alpha value is -1.12. The molecule has 1 aromatic carbocycles. The summed E-state index contributed by atoms with van der Waals surface area (Å²) >= 11 is 0. The average Bonchev–Trinajstić information content (AvgIpc) is 2.47. The molecule has 1 aromatic rings. The fourth-order valence-electron chi connectivity index (χ4n) is 1.62. The summed E-state index contributed by atoms with van der Waals surface area (Å²) in [5.74, 6) is 0. The molecule has 0 saturated carbocycles. The molecule has 1 aliphatic heterocycles. The molecule has 1 aliphatic rings. The molecule has 0 spiro atoms. The van der Waals surface area contributed by atoms with Crippen LogP contribution in [0.15, 0.2) is 24.3 Å². The van der Waals surface area contributed by atoms with Crippen molar-refractivity contribution < 1.29 is 8.78 Å². The zero-order valence-corrected chi connectivity index (χ0v) is 7.13. The van der Waals surface area contributed by atoms with E-state index >= 15 is 0 Å². The van der Waals surface area contributed by atoms with Crippen LogP contribution in [0.1, 0.15) is 12.8 Å². The van der Waals surface area contributed by atoms with Crippen LogP contribution in [0.5, 0.6) is 0 Å². The summed E-state index contributed by atoms with van der Waals surface area (Å²) in [4.78, 5) is 1.15. The lowest BCUT2D eigenvalue weighted by molar-refractivity contribution is 0.0130. The highest BCUT2D eigenvalue weighted by molar-refractivity contribution is 5.48. The second-order valence-corrected chi connectivity index (χ2v) is 3.18. The molecular weight excluding hydrogens is 172 g/mol. The summed E-state index contributed by atoms with van der Waals surface area (Å²) in [6.07, 6.45) is 0.525. The lowest BCUT2D eigenvalue weighted by atomic mass is 10.3. The molecule has 0 bridgehead atoms. The minimum absolute atomic E-state index is 0.0361. The molecule has 0 atom stereocenters. The van der Waals surface area contributed by atoms with Gasteiger partial charge < -0.3 is 4.90 Å². The fraction of sp³-hybridized carbons (Fsp3) is 0.400. The van der Waals surface area contributed by atoms with Gasteiger partial charge in [-0.1, -0.05) is 12.1 Å². The Kier molecular flexibility index (Phi) is 1.94. The summed E-state index contributed by atoms with van der Waals surface area (Å²) < 4.78 is 26.4. The van der Waals surface area contributed by atoms with E-state index in [2.05, 4.69) is 6.07 Å². The van der Waals surface area contributed by atoms with E-state index in [1.807, 2.05) is 0 Å². The van der Waals surface area contributed by atoms with Gasteiger partial charge in [0.05, 0.1) is 0 Å². The molecule has 1 nitrogen and oxygen atoms in total. The predicted octanol–water partition coefficient (Wildman–Crippen LogP) is 2.68.